The highest BCUT2D eigenvalue weighted by Crippen LogP contribution is 2.32. The number of nitro benzene ring substituents is 1. The van der Waals surface area contributed by atoms with E-state index in [2.05, 4.69) is 26.3 Å². The van der Waals surface area contributed by atoms with Gasteiger partial charge in [0.2, 0.25) is 0 Å². The number of aromatic nitrogens is 2. The predicted molar refractivity (Wildman–Crippen MR) is 71.9 cm³/mol. The van der Waals surface area contributed by atoms with Crippen LogP contribution in [-0.4, -0.2) is 14.7 Å². The predicted octanol–water partition coefficient (Wildman–Crippen LogP) is 3.46. The highest BCUT2D eigenvalue weighted by atomic mass is 79.9. The van der Waals surface area contributed by atoms with Gasteiger partial charge in [0, 0.05) is 12.7 Å². The van der Waals surface area contributed by atoms with Crippen LogP contribution in [-0.2, 0) is 6.54 Å². The molecule has 1 aromatic carbocycles. The molecule has 8 heteroatoms. The molecule has 0 unspecified atom stereocenters. The van der Waals surface area contributed by atoms with E-state index in [-0.39, 0.29) is 15.8 Å². The largest absolute Gasteiger partial charge is 0.347 e. The molecule has 100 valence electrons. The molecule has 0 atom stereocenters. The number of nitrogens with zero attached hydrogens (tertiary/aromatic N) is 3. The Bertz CT molecular complexity index is 629. The lowest BCUT2D eigenvalue weighted by Crippen LogP contribution is -1.98. The van der Waals surface area contributed by atoms with Gasteiger partial charge in [-0.15, -0.1) is 0 Å². The van der Waals surface area contributed by atoms with Crippen LogP contribution < -0.4 is 5.32 Å². The van der Waals surface area contributed by atoms with Crippen molar-refractivity contribution >= 4 is 33.0 Å². The Balaban J connectivity index is 2.38. The molecular formula is C11H10BrFN4O2. The van der Waals surface area contributed by atoms with E-state index in [9.17, 15) is 14.5 Å². The summed E-state index contributed by atoms with van der Waals surface area (Å²) < 4.78 is 15.2. The number of anilines is 2. The van der Waals surface area contributed by atoms with Gasteiger partial charge in [0.25, 0.3) is 5.69 Å². The molecule has 0 saturated carbocycles. The van der Waals surface area contributed by atoms with Gasteiger partial charge in [0.1, 0.15) is 11.5 Å². The number of nitro groups is 1. The number of hydrogen-bond donors (Lipinski definition) is 1. The van der Waals surface area contributed by atoms with Crippen molar-refractivity contribution in [3.63, 3.8) is 0 Å². The Labute approximate surface area is 116 Å². The van der Waals surface area contributed by atoms with Gasteiger partial charge < -0.3 is 5.32 Å². The van der Waals surface area contributed by atoms with Gasteiger partial charge in [0.05, 0.1) is 27.3 Å². The Morgan fingerprint density at radius 2 is 2.32 bits per heavy atom. The van der Waals surface area contributed by atoms with Crippen molar-refractivity contribution in [1.29, 1.82) is 0 Å². The maximum absolute atomic E-state index is 13.3. The third-order valence-electron chi connectivity index (χ3n) is 2.47. The van der Waals surface area contributed by atoms with Crippen LogP contribution in [0.15, 0.2) is 29.0 Å². The van der Waals surface area contributed by atoms with Gasteiger partial charge in [-0.05, 0) is 28.9 Å². The SMILES string of the molecule is CCn1cc(Nc2cc(Br)c(F)cc2[N+](=O)[O-])cn1. The van der Waals surface area contributed by atoms with Crippen LogP contribution in [0.2, 0.25) is 0 Å². The fraction of sp³-hybridized carbons (Fsp3) is 0.182. The molecule has 0 aliphatic rings. The summed E-state index contributed by atoms with van der Waals surface area (Å²) in [6.07, 6.45) is 3.26. The molecule has 19 heavy (non-hydrogen) atoms. The minimum absolute atomic E-state index is 0.156. The molecule has 0 fully saturated rings. The zero-order valence-corrected chi connectivity index (χ0v) is 11.5. The maximum Gasteiger partial charge on any atom is 0.295 e. The van der Waals surface area contributed by atoms with E-state index in [0.717, 1.165) is 6.07 Å². The highest BCUT2D eigenvalue weighted by Gasteiger charge is 2.18. The maximum atomic E-state index is 13.3. The van der Waals surface area contributed by atoms with Gasteiger partial charge in [0.15, 0.2) is 0 Å². The van der Waals surface area contributed by atoms with Gasteiger partial charge in [-0.1, -0.05) is 0 Å². The van der Waals surface area contributed by atoms with Crippen LogP contribution in [0.5, 0.6) is 0 Å². The van der Waals surface area contributed by atoms with Crippen LogP contribution in [0.25, 0.3) is 0 Å². The minimum atomic E-state index is -0.679. The van der Waals surface area contributed by atoms with Crippen LogP contribution in [0.4, 0.5) is 21.5 Å². The average Bonchev–Trinajstić information content (AvgIpc) is 2.81. The monoisotopic (exact) mass is 328 g/mol. The number of rotatable bonds is 4. The molecular weight excluding hydrogens is 319 g/mol. The second-order valence-electron chi connectivity index (χ2n) is 3.75. The summed E-state index contributed by atoms with van der Waals surface area (Å²) in [5.41, 5.74) is 0.474. The number of halogens is 2. The molecule has 0 aliphatic heterocycles. The van der Waals surface area contributed by atoms with Crippen molar-refractivity contribution in [2.45, 2.75) is 13.5 Å². The Kier molecular flexibility index (Phi) is 3.79. The molecule has 0 aliphatic carbocycles. The smallest absolute Gasteiger partial charge is 0.295 e. The number of nitrogens with one attached hydrogen (secondary N) is 1. The summed E-state index contributed by atoms with van der Waals surface area (Å²) >= 11 is 3.00. The summed E-state index contributed by atoms with van der Waals surface area (Å²) in [7, 11) is 0. The standard InChI is InChI=1S/C11H10BrFN4O2/c1-2-16-6-7(5-14-16)15-10-3-8(12)9(13)4-11(10)17(18)19/h3-6,15H,2H2,1H3. The van der Waals surface area contributed by atoms with E-state index < -0.39 is 10.7 Å². The Hall–Kier alpha value is -1.96. The molecule has 0 amide bonds. The lowest BCUT2D eigenvalue weighted by Gasteiger charge is -2.06. The molecule has 1 heterocycles. The number of benzene rings is 1. The van der Waals surface area contributed by atoms with E-state index in [1.54, 1.807) is 17.1 Å². The van der Waals surface area contributed by atoms with Gasteiger partial charge in [-0.25, -0.2) is 4.39 Å². The van der Waals surface area contributed by atoms with Gasteiger partial charge >= 0.3 is 0 Å². The molecule has 2 aromatic rings. The summed E-state index contributed by atoms with van der Waals surface area (Å²) in [6.45, 7) is 2.62. The van der Waals surface area contributed by atoms with Crippen LogP contribution in [0.3, 0.4) is 0 Å². The first-order valence-corrected chi connectivity index (χ1v) is 6.23. The minimum Gasteiger partial charge on any atom is -0.347 e. The first kappa shape index (κ1) is 13.5. The number of aryl methyl sites for hydroxylation is 1. The molecule has 6 nitrogen and oxygen atoms in total. The zero-order chi connectivity index (χ0) is 14.0. The molecule has 1 N–H and O–H groups in total. The second-order valence-corrected chi connectivity index (χ2v) is 4.60. The van der Waals surface area contributed by atoms with E-state index in [1.807, 2.05) is 6.92 Å². The van der Waals surface area contributed by atoms with E-state index in [0.29, 0.717) is 12.2 Å². The molecule has 2 rings (SSSR count). The summed E-state index contributed by atoms with van der Waals surface area (Å²) in [5, 5.41) is 17.8. The molecule has 0 spiro atoms. The quantitative estimate of drug-likeness (QED) is 0.689. The van der Waals surface area contributed by atoms with Gasteiger partial charge in [-0.2, -0.15) is 5.10 Å². The molecule has 0 bridgehead atoms. The lowest BCUT2D eigenvalue weighted by atomic mass is 10.2. The van der Waals surface area contributed by atoms with E-state index in [4.69, 9.17) is 0 Å². The van der Waals surface area contributed by atoms with Crippen molar-refractivity contribution < 1.29 is 9.31 Å². The van der Waals surface area contributed by atoms with Crippen molar-refractivity contribution in [2.24, 2.45) is 0 Å². The first-order chi connectivity index (χ1) is 9.01. The fourth-order valence-electron chi connectivity index (χ4n) is 1.54. The first-order valence-electron chi connectivity index (χ1n) is 5.44. The zero-order valence-electron chi connectivity index (χ0n) is 9.93. The van der Waals surface area contributed by atoms with Crippen LogP contribution in [0.1, 0.15) is 6.92 Å². The topological polar surface area (TPSA) is 73.0 Å². The number of hydrogen-bond acceptors (Lipinski definition) is 4. The molecule has 0 saturated heterocycles. The van der Waals surface area contributed by atoms with Crippen molar-refractivity contribution in [1.82, 2.24) is 9.78 Å². The third-order valence-corrected chi connectivity index (χ3v) is 3.08. The molecule has 1 aromatic heterocycles. The van der Waals surface area contributed by atoms with Gasteiger partial charge in [-0.3, -0.25) is 14.8 Å². The van der Waals surface area contributed by atoms with Crippen molar-refractivity contribution in [2.75, 3.05) is 5.32 Å². The van der Waals surface area contributed by atoms with Crippen molar-refractivity contribution in [3.05, 3.63) is 44.9 Å². The summed E-state index contributed by atoms with van der Waals surface area (Å²) in [6, 6.07) is 2.20. The Morgan fingerprint density at radius 1 is 1.58 bits per heavy atom. The third kappa shape index (κ3) is 2.90. The summed E-state index contributed by atoms with van der Waals surface area (Å²) in [5.74, 6) is -0.679. The lowest BCUT2D eigenvalue weighted by molar-refractivity contribution is -0.384. The second kappa shape index (κ2) is 5.35. The normalized spacial score (nSPS) is 10.5. The van der Waals surface area contributed by atoms with Crippen LogP contribution >= 0.6 is 15.9 Å². The highest BCUT2D eigenvalue weighted by molar-refractivity contribution is 9.10. The van der Waals surface area contributed by atoms with E-state index in [1.165, 1.54) is 6.07 Å². The Morgan fingerprint density at radius 3 is 2.89 bits per heavy atom. The fourth-order valence-corrected chi connectivity index (χ4v) is 1.89. The van der Waals surface area contributed by atoms with E-state index >= 15 is 0 Å². The van der Waals surface area contributed by atoms with Crippen LogP contribution in [0, 0.1) is 15.9 Å². The van der Waals surface area contributed by atoms with Crippen molar-refractivity contribution in [3.8, 4) is 0 Å². The average molecular weight is 329 g/mol. The molecule has 0 radical (unpaired) electrons. The summed E-state index contributed by atoms with van der Waals surface area (Å²) in [4.78, 5) is 10.3.